The van der Waals surface area contributed by atoms with Crippen LogP contribution >= 0.6 is 0 Å². The molecule has 2 N–H and O–H groups in total. The number of rotatable bonds is 1. The minimum Gasteiger partial charge on any atom is -0.508 e. The summed E-state index contributed by atoms with van der Waals surface area (Å²) in [7, 11) is 0. The molecule has 0 bridgehead atoms. The Kier molecular flexibility index (Phi) is 2.95. The molecule has 2 heteroatoms. The number of fused-ring (bicyclic) bond motifs is 5. The summed E-state index contributed by atoms with van der Waals surface area (Å²) in [5, 5.41) is 26.6. The van der Waals surface area contributed by atoms with Gasteiger partial charge in [-0.1, -0.05) is 50.2 Å². The zero-order valence-electron chi connectivity index (χ0n) is 13.2. The molecule has 0 amide bonds. The first-order valence-electron chi connectivity index (χ1n) is 7.86. The topological polar surface area (TPSA) is 40.5 Å². The number of hydrogen-bond acceptors (Lipinski definition) is 2. The van der Waals surface area contributed by atoms with E-state index in [1.807, 2.05) is 36.4 Å². The summed E-state index contributed by atoms with van der Waals surface area (Å²) in [6.07, 6.45) is 0. The van der Waals surface area contributed by atoms with Crippen molar-refractivity contribution in [1.29, 1.82) is 0 Å². The Labute approximate surface area is 134 Å². The van der Waals surface area contributed by atoms with Crippen molar-refractivity contribution >= 4 is 32.3 Å². The molecule has 0 heterocycles. The van der Waals surface area contributed by atoms with Gasteiger partial charge in [-0.05, 0) is 56.6 Å². The Balaban J connectivity index is 2.26. The highest BCUT2D eigenvalue weighted by Crippen LogP contribution is 2.39. The fourth-order valence-corrected chi connectivity index (χ4v) is 3.49. The first-order valence-corrected chi connectivity index (χ1v) is 7.86. The van der Waals surface area contributed by atoms with Crippen LogP contribution < -0.4 is 0 Å². The van der Waals surface area contributed by atoms with Crippen LogP contribution in [0, 0.1) is 0 Å². The molecule has 114 valence electrons. The lowest BCUT2D eigenvalue weighted by atomic mass is 9.91. The van der Waals surface area contributed by atoms with Crippen LogP contribution in [0.15, 0.2) is 54.6 Å². The molecule has 0 aliphatic heterocycles. The lowest BCUT2D eigenvalue weighted by Crippen LogP contribution is -1.91. The predicted octanol–water partition coefficient (Wildman–Crippen LogP) is 5.68. The molecule has 4 aromatic rings. The first kappa shape index (κ1) is 13.9. The van der Waals surface area contributed by atoms with Crippen molar-refractivity contribution in [3.05, 3.63) is 60.2 Å². The minimum atomic E-state index is 0.265. The van der Waals surface area contributed by atoms with Gasteiger partial charge in [0.05, 0.1) is 0 Å². The van der Waals surface area contributed by atoms with Crippen molar-refractivity contribution in [2.45, 2.75) is 19.8 Å². The zero-order chi connectivity index (χ0) is 16.1. The van der Waals surface area contributed by atoms with E-state index >= 15 is 0 Å². The van der Waals surface area contributed by atoms with Crippen molar-refractivity contribution in [2.75, 3.05) is 0 Å². The van der Waals surface area contributed by atoms with Gasteiger partial charge in [-0.3, -0.25) is 0 Å². The number of phenols is 2. The molecule has 4 rings (SSSR count). The molecule has 4 aromatic carbocycles. The Morgan fingerprint density at radius 2 is 1.26 bits per heavy atom. The van der Waals surface area contributed by atoms with Crippen LogP contribution in [0.25, 0.3) is 32.3 Å². The molecule has 0 saturated heterocycles. The van der Waals surface area contributed by atoms with Crippen molar-refractivity contribution in [1.82, 2.24) is 0 Å². The van der Waals surface area contributed by atoms with Gasteiger partial charge < -0.3 is 10.2 Å². The van der Waals surface area contributed by atoms with Crippen molar-refractivity contribution in [3.8, 4) is 11.5 Å². The molecule has 2 nitrogen and oxygen atoms in total. The summed E-state index contributed by atoms with van der Waals surface area (Å²) < 4.78 is 0. The Morgan fingerprint density at radius 1 is 0.652 bits per heavy atom. The van der Waals surface area contributed by atoms with Crippen LogP contribution in [0.1, 0.15) is 25.3 Å². The van der Waals surface area contributed by atoms with Gasteiger partial charge in [0.15, 0.2) is 0 Å². The van der Waals surface area contributed by atoms with E-state index in [-0.39, 0.29) is 11.5 Å². The summed E-state index contributed by atoms with van der Waals surface area (Å²) in [5.41, 5.74) is 1.12. The predicted molar refractivity (Wildman–Crippen MR) is 96.4 cm³/mol. The van der Waals surface area contributed by atoms with Gasteiger partial charge in [0.1, 0.15) is 11.5 Å². The van der Waals surface area contributed by atoms with Gasteiger partial charge in [-0.15, -0.1) is 0 Å². The van der Waals surface area contributed by atoms with Crippen molar-refractivity contribution in [3.63, 3.8) is 0 Å². The Bertz CT molecular complexity index is 1060. The van der Waals surface area contributed by atoms with E-state index in [1.54, 1.807) is 6.07 Å². The molecule has 0 saturated carbocycles. The molecular weight excluding hydrogens is 284 g/mol. The quantitative estimate of drug-likeness (QED) is 0.444. The van der Waals surface area contributed by atoms with Crippen LogP contribution in [0.3, 0.4) is 0 Å². The maximum atomic E-state index is 10.4. The second-order valence-electron chi connectivity index (χ2n) is 6.39. The van der Waals surface area contributed by atoms with Crippen LogP contribution in [-0.2, 0) is 0 Å². The van der Waals surface area contributed by atoms with Crippen LogP contribution in [-0.4, -0.2) is 10.2 Å². The summed E-state index contributed by atoms with van der Waals surface area (Å²) in [6, 6.07) is 17.5. The van der Waals surface area contributed by atoms with E-state index in [1.165, 1.54) is 0 Å². The van der Waals surface area contributed by atoms with Gasteiger partial charge in [0.2, 0.25) is 0 Å². The van der Waals surface area contributed by atoms with Gasteiger partial charge in [0.25, 0.3) is 0 Å². The lowest BCUT2D eigenvalue weighted by Gasteiger charge is -2.14. The van der Waals surface area contributed by atoms with Gasteiger partial charge in [0, 0.05) is 5.39 Å². The zero-order valence-corrected chi connectivity index (χ0v) is 13.2. The minimum absolute atomic E-state index is 0.265. The van der Waals surface area contributed by atoms with E-state index in [0.717, 1.165) is 37.9 Å². The standard InChI is InChI=1S/C21H18O2/c1-12(2)18-9-13(22)10-19-16(18)8-7-15-14-5-3-4-6-17(14)21(23)11-20(15)19/h3-12,22-23H,1-2H3. The molecular formula is C21H18O2. The smallest absolute Gasteiger partial charge is 0.124 e. The molecule has 0 radical (unpaired) electrons. The Hall–Kier alpha value is -2.74. The van der Waals surface area contributed by atoms with Gasteiger partial charge >= 0.3 is 0 Å². The van der Waals surface area contributed by atoms with Crippen molar-refractivity contribution in [2.24, 2.45) is 0 Å². The SMILES string of the molecule is CC(C)c1cc(O)cc2c1ccc1c3ccccc3c(O)cc21. The van der Waals surface area contributed by atoms with Crippen LogP contribution in [0.5, 0.6) is 11.5 Å². The highest BCUT2D eigenvalue weighted by atomic mass is 16.3. The summed E-state index contributed by atoms with van der Waals surface area (Å²) in [6.45, 7) is 4.24. The molecule has 0 aliphatic carbocycles. The van der Waals surface area contributed by atoms with Crippen molar-refractivity contribution < 1.29 is 10.2 Å². The second-order valence-corrected chi connectivity index (χ2v) is 6.39. The third-order valence-corrected chi connectivity index (χ3v) is 4.59. The monoisotopic (exact) mass is 302 g/mol. The highest BCUT2D eigenvalue weighted by Gasteiger charge is 2.13. The average molecular weight is 302 g/mol. The van der Waals surface area contributed by atoms with E-state index in [9.17, 15) is 10.2 Å². The average Bonchev–Trinajstić information content (AvgIpc) is 2.54. The normalized spacial score (nSPS) is 11.8. The maximum Gasteiger partial charge on any atom is 0.124 e. The number of aromatic hydroxyl groups is 2. The number of phenolic OH excluding ortho intramolecular Hbond substituents is 2. The molecule has 0 aromatic heterocycles. The number of benzene rings is 4. The fraction of sp³-hybridized carbons (Fsp3) is 0.143. The van der Waals surface area contributed by atoms with E-state index in [4.69, 9.17) is 0 Å². The molecule has 0 unspecified atom stereocenters. The Morgan fingerprint density at radius 3 is 2.00 bits per heavy atom. The molecule has 0 spiro atoms. The largest absolute Gasteiger partial charge is 0.508 e. The van der Waals surface area contributed by atoms with E-state index in [2.05, 4.69) is 26.0 Å². The summed E-state index contributed by atoms with van der Waals surface area (Å²) in [5.74, 6) is 0.854. The van der Waals surface area contributed by atoms with Gasteiger partial charge in [-0.25, -0.2) is 0 Å². The van der Waals surface area contributed by atoms with Gasteiger partial charge in [-0.2, -0.15) is 0 Å². The lowest BCUT2D eigenvalue weighted by molar-refractivity contribution is 0.475. The second kappa shape index (κ2) is 4.88. The third kappa shape index (κ3) is 2.02. The first-order chi connectivity index (χ1) is 11.1. The maximum absolute atomic E-state index is 10.4. The fourth-order valence-electron chi connectivity index (χ4n) is 3.49. The third-order valence-electron chi connectivity index (χ3n) is 4.59. The molecule has 0 atom stereocenters. The summed E-state index contributed by atoms with van der Waals surface area (Å²) in [4.78, 5) is 0. The molecule has 0 fully saturated rings. The number of hydrogen-bond donors (Lipinski definition) is 2. The van der Waals surface area contributed by atoms with Crippen LogP contribution in [0.2, 0.25) is 0 Å². The molecule has 23 heavy (non-hydrogen) atoms. The summed E-state index contributed by atoms with van der Waals surface area (Å²) >= 11 is 0. The van der Waals surface area contributed by atoms with E-state index < -0.39 is 0 Å². The highest BCUT2D eigenvalue weighted by molar-refractivity contribution is 6.19. The van der Waals surface area contributed by atoms with E-state index in [0.29, 0.717) is 5.92 Å². The van der Waals surface area contributed by atoms with Crippen LogP contribution in [0.4, 0.5) is 0 Å². The molecule has 0 aliphatic rings.